The van der Waals surface area contributed by atoms with E-state index in [0.717, 1.165) is 6.21 Å². The highest BCUT2D eigenvalue weighted by molar-refractivity contribution is 7.88. The normalized spacial score (nSPS) is 31.1. The van der Waals surface area contributed by atoms with Crippen LogP contribution in [0.3, 0.4) is 0 Å². The molecule has 0 radical (unpaired) electrons. The van der Waals surface area contributed by atoms with E-state index in [1.807, 2.05) is 0 Å². The average Bonchev–Trinajstić information content (AvgIpc) is 2.07. The van der Waals surface area contributed by atoms with Crippen LogP contribution in [0.4, 0.5) is 0 Å². The Hall–Kier alpha value is -1.23. The van der Waals surface area contributed by atoms with E-state index in [0.29, 0.717) is 0 Å². The summed E-state index contributed by atoms with van der Waals surface area (Å²) in [7, 11) is -4.35. The molecule has 2 unspecified atom stereocenters. The van der Waals surface area contributed by atoms with Crippen LogP contribution in [0.5, 0.6) is 0 Å². The molecule has 0 aromatic rings. The van der Waals surface area contributed by atoms with Gasteiger partial charge >= 0.3 is 0 Å². The summed E-state index contributed by atoms with van der Waals surface area (Å²) in [5.74, 6) is -0.488. The zero-order valence-electron chi connectivity index (χ0n) is 7.53. The molecule has 1 aliphatic rings. The van der Waals surface area contributed by atoms with Crippen LogP contribution in [0, 0.1) is 5.92 Å². The smallest absolute Gasteiger partial charge is 0.285 e. The minimum atomic E-state index is -4.35. The largest absolute Gasteiger partial charge is 0.362 e. The van der Waals surface area contributed by atoms with Crippen molar-refractivity contribution >= 4 is 16.3 Å². The molecule has 0 aromatic heterocycles. The van der Waals surface area contributed by atoms with Gasteiger partial charge in [-0.1, -0.05) is 25.2 Å². The summed E-state index contributed by atoms with van der Waals surface area (Å²) in [6.07, 6.45) is 6.85. The van der Waals surface area contributed by atoms with Crippen molar-refractivity contribution in [2.45, 2.75) is 11.7 Å². The van der Waals surface area contributed by atoms with Gasteiger partial charge in [-0.15, -0.1) is 0 Å². The standard InChI is InChI=1S/C8H10N2O3S/c1-7-4-2-3-5-8(7,6-10-9)14(11,12)13/h2-7H,1H3,(H,11,12,13). The Morgan fingerprint density at radius 2 is 2.21 bits per heavy atom. The maximum atomic E-state index is 11.2. The molecule has 1 N–H and O–H groups in total. The van der Waals surface area contributed by atoms with Gasteiger partial charge in [-0.3, -0.25) is 4.55 Å². The molecule has 0 amide bonds. The fourth-order valence-corrected chi connectivity index (χ4v) is 2.36. The van der Waals surface area contributed by atoms with E-state index < -0.39 is 20.8 Å². The number of rotatable bonds is 2. The second-order valence-electron chi connectivity index (χ2n) is 3.11. The van der Waals surface area contributed by atoms with Crippen molar-refractivity contribution in [1.82, 2.24) is 0 Å². The second kappa shape index (κ2) is 3.49. The average molecular weight is 214 g/mol. The van der Waals surface area contributed by atoms with Gasteiger partial charge in [0.25, 0.3) is 16.3 Å². The molecule has 0 fully saturated rings. The van der Waals surface area contributed by atoms with Crippen LogP contribution < -0.4 is 0 Å². The van der Waals surface area contributed by atoms with Crippen LogP contribution in [-0.4, -0.2) is 28.7 Å². The number of nitrogens with zero attached hydrogens (tertiary/aromatic N) is 2. The first kappa shape index (κ1) is 10.8. The van der Waals surface area contributed by atoms with E-state index in [2.05, 4.69) is 4.79 Å². The van der Waals surface area contributed by atoms with Gasteiger partial charge in [0.15, 0.2) is 0 Å². The number of allylic oxidation sites excluding steroid dienone is 3. The lowest BCUT2D eigenvalue weighted by molar-refractivity contribution is -0.00171. The summed E-state index contributed by atoms with van der Waals surface area (Å²) in [5.41, 5.74) is 8.40. The molecule has 0 aromatic carbocycles. The minimum Gasteiger partial charge on any atom is -0.362 e. The molecule has 76 valence electrons. The summed E-state index contributed by atoms with van der Waals surface area (Å²) >= 11 is 0. The van der Waals surface area contributed by atoms with Crippen LogP contribution >= 0.6 is 0 Å². The minimum absolute atomic E-state index is 0.488. The molecule has 0 saturated carbocycles. The fraction of sp³-hybridized carbons (Fsp3) is 0.375. The molecule has 0 aliphatic heterocycles. The highest BCUT2D eigenvalue weighted by Gasteiger charge is 2.48. The van der Waals surface area contributed by atoms with Crippen molar-refractivity contribution in [2.24, 2.45) is 5.92 Å². The van der Waals surface area contributed by atoms with E-state index in [-0.39, 0.29) is 0 Å². The van der Waals surface area contributed by atoms with Crippen molar-refractivity contribution in [3.63, 3.8) is 0 Å². The van der Waals surface area contributed by atoms with Gasteiger partial charge in [-0.2, -0.15) is 13.2 Å². The molecule has 1 aliphatic carbocycles. The van der Waals surface area contributed by atoms with Crippen LogP contribution in [0.1, 0.15) is 6.92 Å². The summed E-state index contributed by atoms with van der Waals surface area (Å²) in [4.78, 5) is 2.70. The third kappa shape index (κ3) is 1.55. The number of hydrogen-bond donors (Lipinski definition) is 1. The molecule has 14 heavy (non-hydrogen) atoms. The monoisotopic (exact) mass is 214 g/mol. The van der Waals surface area contributed by atoms with Crippen molar-refractivity contribution in [2.75, 3.05) is 0 Å². The third-order valence-electron chi connectivity index (χ3n) is 2.29. The Morgan fingerprint density at radius 1 is 1.57 bits per heavy atom. The molecule has 0 bridgehead atoms. The zero-order valence-corrected chi connectivity index (χ0v) is 8.35. The van der Waals surface area contributed by atoms with E-state index in [1.165, 1.54) is 12.2 Å². The van der Waals surface area contributed by atoms with Crippen LogP contribution in [0.2, 0.25) is 0 Å². The molecule has 0 heterocycles. The van der Waals surface area contributed by atoms with Gasteiger partial charge in [-0.25, -0.2) is 0 Å². The van der Waals surface area contributed by atoms with E-state index >= 15 is 0 Å². The Balaban J connectivity index is 3.39. The first-order valence-corrected chi connectivity index (χ1v) is 5.40. The predicted molar refractivity (Wildman–Crippen MR) is 51.4 cm³/mol. The predicted octanol–water partition coefficient (Wildman–Crippen LogP) is 0.676. The zero-order chi connectivity index (χ0) is 10.8. The highest BCUT2D eigenvalue weighted by atomic mass is 32.2. The lowest BCUT2D eigenvalue weighted by atomic mass is 9.90. The maximum Gasteiger partial charge on any atom is 0.285 e. The van der Waals surface area contributed by atoms with Crippen LogP contribution in [0.25, 0.3) is 5.53 Å². The maximum absolute atomic E-state index is 11.2. The summed E-state index contributed by atoms with van der Waals surface area (Å²) in [5, 5.41) is 0. The quantitative estimate of drug-likeness (QED) is 0.317. The molecular formula is C8H10N2O3S. The Kier molecular flexibility index (Phi) is 2.71. The third-order valence-corrected chi connectivity index (χ3v) is 3.79. The lowest BCUT2D eigenvalue weighted by Gasteiger charge is -2.25. The van der Waals surface area contributed by atoms with Gasteiger partial charge in [0.05, 0.1) is 0 Å². The first-order valence-electron chi connectivity index (χ1n) is 3.95. The molecule has 0 saturated heterocycles. The van der Waals surface area contributed by atoms with Crippen LogP contribution in [-0.2, 0) is 10.1 Å². The van der Waals surface area contributed by atoms with Crippen LogP contribution in [0.15, 0.2) is 24.3 Å². The van der Waals surface area contributed by atoms with Crippen molar-refractivity contribution in [3.8, 4) is 0 Å². The molecule has 6 heteroatoms. The molecule has 1 rings (SSSR count). The van der Waals surface area contributed by atoms with Crippen molar-refractivity contribution in [1.29, 1.82) is 0 Å². The van der Waals surface area contributed by atoms with E-state index in [1.54, 1.807) is 19.1 Å². The topological polar surface area (TPSA) is 90.8 Å². The van der Waals surface area contributed by atoms with Gasteiger partial charge in [0, 0.05) is 5.92 Å². The Labute approximate surface area is 82.1 Å². The molecule has 2 atom stereocenters. The van der Waals surface area contributed by atoms with Gasteiger partial charge in [0.1, 0.15) is 0 Å². The molecule has 0 spiro atoms. The Bertz CT molecular complexity index is 432. The van der Waals surface area contributed by atoms with Crippen molar-refractivity contribution in [3.05, 3.63) is 29.8 Å². The first-order chi connectivity index (χ1) is 6.44. The van der Waals surface area contributed by atoms with Gasteiger partial charge < -0.3 is 5.53 Å². The van der Waals surface area contributed by atoms with Crippen molar-refractivity contribution < 1.29 is 17.8 Å². The van der Waals surface area contributed by atoms with E-state index in [9.17, 15) is 8.42 Å². The second-order valence-corrected chi connectivity index (χ2v) is 4.76. The van der Waals surface area contributed by atoms with Gasteiger partial charge in [-0.05, 0) is 6.08 Å². The van der Waals surface area contributed by atoms with Gasteiger partial charge in [0.2, 0.25) is 4.75 Å². The lowest BCUT2D eigenvalue weighted by Crippen LogP contribution is -2.44. The summed E-state index contributed by atoms with van der Waals surface area (Å²) in [6, 6.07) is 0. The number of hydrogen-bond acceptors (Lipinski definition) is 2. The molecule has 5 nitrogen and oxygen atoms in total. The highest BCUT2D eigenvalue weighted by Crippen LogP contribution is 2.29. The Morgan fingerprint density at radius 3 is 2.64 bits per heavy atom. The SMILES string of the molecule is CC1C=CC=CC1(C=[N+]=[N-])S(=O)(=O)O. The van der Waals surface area contributed by atoms with E-state index in [4.69, 9.17) is 10.1 Å². The summed E-state index contributed by atoms with van der Waals surface area (Å²) < 4.78 is 29.8. The molecular weight excluding hydrogens is 204 g/mol. The fourth-order valence-electron chi connectivity index (χ4n) is 1.38. The summed E-state index contributed by atoms with van der Waals surface area (Å²) in [6.45, 7) is 1.61.